The van der Waals surface area contributed by atoms with Gasteiger partial charge in [0.05, 0.1) is 18.3 Å². The number of hydrogen-bond acceptors (Lipinski definition) is 11. The van der Waals surface area contributed by atoms with Gasteiger partial charge in [0, 0.05) is 64.1 Å². The molecule has 5 aliphatic heterocycles. The first-order valence-corrected chi connectivity index (χ1v) is 17.2. The second-order valence-corrected chi connectivity index (χ2v) is 13.0. The summed E-state index contributed by atoms with van der Waals surface area (Å²) in [5, 5.41) is 0. The molecule has 0 spiro atoms. The largest absolute Gasteiger partial charge is 0.469 e. The summed E-state index contributed by atoms with van der Waals surface area (Å²) in [7, 11) is -4.52. The molecule has 4 N–H and O–H groups in total. The highest BCUT2D eigenvalue weighted by Gasteiger charge is 2.30. The van der Waals surface area contributed by atoms with E-state index in [1.54, 1.807) is 0 Å². The summed E-state index contributed by atoms with van der Waals surface area (Å²) in [6, 6.07) is 1.47. The maximum atomic E-state index is 11.6. The van der Waals surface area contributed by atoms with Gasteiger partial charge in [0.1, 0.15) is 17.5 Å². The lowest BCUT2D eigenvalue weighted by atomic mass is 10.2. The number of thioether (sulfide) groups is 1. The van der Waals surface area contributed by atoms with Gasteiger partial charge >= 0.3 is 13.5 Å². The molecule has 5 aliphatic rings. The maximum Gasteiger partial charge on any atom is 0.469 e. The number of rotatable bonds is 4. The minimum Gasteiger partial charge on any atom is -0.383 e. The van der Waals surface area contributed by atoms with Gasteiger partial charge in [0.2, 0.25) is 0 Å². The number of nitrogen functional groups attached to an aromatic ring is 1. The van der Waals surface area contributed by atoms with Crippen LogP contribution in [-0.4, -0.2) is 97.9 Å². The number of aliphatic imine (C=N–C) groups is 2. The van der Waals surface area contributed by atoms with E-state index in [-0.39, 0.29) is 12.4 Å². The second kappa shape index (κ2) is 16.0. The Bertz CT molecular complexity index is 1110. The normalized spacial score (nSPS) is 24.6. The van der Waals surface area contributed by atoms with Crippen LogP contribution in [0.2, 0.25) is 0 Å². The van der Waals surface area contributed by atoms with E-state index in [0.29, 0.717) is 5.75 Å². The van der Waals surface area contributed by atoms with Crippen LogP contribution in [0.15, 0.2) is 27.0 Å². The smallest absolute Gasteiger partial charge is 0.383 e. The minimum absolute atomic E-state index is 0.119. The third-order valence-corrected chi connectivity index (χ3v) is 9.00. The lowest BCUT2D eigenvalue weighted by Gasteiger charge is -2.27. The Morgan fingerprint density at radius 1 is 0.951 bits per heavy atom. The number of nitrogens with zero attached hydrogens (tertiary/aromatic N) is 6. The topological polar surface area (TPSA) is 168 Å². The van der Waals surface area contributed by atoms with Crippen molar-refractivity contribution in [3.05, 3.63) is 22.7 Å². The third kappa shape index (κ3) is 10.7. The van der Waals surface area contributed by atoms with Gasteiger partial charge in [-0.25, -0.2) is 9.36 Å². The molecule has 230 valence electrons. The predicted molar refractivity (Wildman–Crippen MR) is 161 cm³/mol. The predicted octanol–water partition coefficient (Wildman–Crippen LogP) is 2.85. The fourth-order valence-electron chi connectivity index (χ4n) is 5.36. The summed E-state index contributed by atoms with van der Waals surface area (Å²) in [5.74, 6) is 3.36. The van der Waals surface area contributed by atoms with Crippen molar-refractivity contribution in [3.63, 3.8) is 0 Å². The Hall–Kier alpha value is -1.96. The van der Waals surface area contributed by atoms with Crippen LogP contribution in [0, 0.1) is 0 Å². The van der Waals surface area contributed by atoms with Gasteiger partial charge in [-0.05, 0) is 44.6 Å². The Balaban J connectivity index is 0.000000150. The fourth-order valence-corrected chi connectivity index (χ4v) is 6.78. The summed E-state index contributed by atoms with van der Waals surface area (Å²) in [6.45, 7) is 6.94. The highest BCUT2D eigenvalue weighted by molar-refractivity contribution is 8.00. The molecule has 15 heteroatoms. The van der Waals surface area contributed by atoms with Crippen LogP contribution < -0.4 is 11.4 Å². The molecule has 3 saturated heterocycles. The maximum absolute atomic E-state index is 11.6. The average Bonchev–Trinajstić information content (AvgIpc) is 3.13. The molecule has 3 fully saturated rings. The highest BCUT2D eigenvalue weighted by Crippen LogP contribution is 2.39. The van der Waals surface area contributed by atoms with Gasteiger partial charge in [-0.3, -0.25) is 19.1 Å². The number of hydrogen-bond donors (Lipinski definition) is 3. The van der Waals surface area contributed by atoms with Crippen molar-refractivity contribution in [1.82, 2.24) is 19.4 Å². The number of ether oxygens (including phenoxy) is 1. The van der Waals surface area contributed by atoms with Crippen molar-refractivity contribution >= 4 is 37.1 Å². The summed E-state index contributed by atoms with van der Waals surface area (Å²) in [6.07, 6.45) is 14.2. The molecule has 0 aromatic carbocycles. The molecule has 2 atom stereocenters. The zero-order valence-corrected chi connectivity index (χ0v) is 25.4. The number of fused-ring (bicyclic) bond motifs is 2. The number of anilines is 1. The van der Waals surface area contributed by atoms with E-state index < -0.39 is 25.2 Å². The minimum atomic E-state index is -4.52. The van der Waals surface area contributed by atoms with Crippen molar-refractivity contribution in [1.29, 1.82) is 0 Å². The molecule has 0 amide bonds. The Morgan fingerprint density at radius 2 is 1.54 bits per heavy atom. The van der Waals surface area contributed by atoms with Gasteiger partial charge in [0.15, 0.2) is 0 Å². The molecule has 0 unspecified atom stereocenters. The fraction of sp³-hybridized carbons (Fsp3) is 0.769. The van der Waals surface area contributed by atoms with Crippen molar-refractivity contribution in [2.75, 3.05) is 57.4 Å². The van der Waals surface area contributed by atoms with E-state index in [9.17, 15) is 9.36 Å². The molecular weight excluding hydrogens is 569 g/mol. The van der Waals surface area contributed by atoms with E-state index in [1.165, 1.54) is 131 Å². The third-order valence-electron chi connectivity index (χ3n) is 7.42. The summed E-state index contributed by atoms with van der Waals surface area (Å²) >= 11 is 1.29. The van der Waals surface area contributed by atoms with Crippen molar-refractivity contribution < 1.29 is 23.6 Å². The molecule has 0 saturated carbocycles. The Labute approximate surface area is 245 Å². The average molecular weight is 614 g/mol. The van der Waals surface area contributed by atoms with Crippen LogP contribution in [0.3, 0.4) is 0 Å². The van der Waals surface area contributed by atoms with E-state index >= 15 is 0 Å². The lowest BCUT2D eigenvalue weighted by Crippen LogP contribution is -2.34. The molecule has 13 nitrogen and oxygen atoms in total. The van der Waals surface area contributed by atoms with Gasteiger partial charge < -0.3 is 30.1 Å². The highest BCUT2D eigenvalue weighted by atomic mass is 32.2. The first kappa shape index (κ1) is 32.0. The van der Waals surface area contributed by atoms with Gasteiger partial charge in [-0.15, -0.1) is 11.8 Å². The molecule has 0 bridgehead atoms. The zero-order chi connectivity index (χ0) is 29.1. The molecule has 0 radical (unpaired) electrons. The van der Waals surface area contributed by atoms with Gasteiger partial charge in [0.25, 0.3) is 0 Å². The van der Waals surface area contributed by atoms with E-state index in [2.05, 4.69) is 29.3 Å². The number of aromatic nitrogens is 2. The first-order valence-electron chi connectivity index (χ1n) is 14.7. The number of amidine groups is 2. The molecule has 6 heterocycles. The van der Waals surface area contributed by atoms with Crippen molar-refractivity contribution in [2.24, 2.45) is 9.98 Å². The second-order valence-electron chi connectivity index (χ2n) is 10.6. The summed E-state index contributed by atoms with van der Waals surface area (Å²) < 4.78 is 21.6. The Kier molecular flexibility index (Phi) is 12.5. The Morgan fingerprint density at radius 3 is 2.10 bits per heavy atom. The zero-order valence-electron chi connectivity index (χ0n) is 23.7. The van der Waals surface area contributed by atoms with Gasteiger partial charge in [-0.2, -0.15) is 4.98 Å². The SMILES string of the molecule is C1CCC2=NCCCN2CC1.C1CCC2=NCCCN2CC1.Nc1ccn([C@@H]2CS[C@H](COP(=O)(O)O)O2)c(=O)n1. The van der Waals surface area contributed by atoms with E-state index in [1.807, 2.05) is 0 Å². The molecular formula is C26H44N7O6PS. The number of phosphoric acid groups is 1. The van der Waals surface area contributed by atoms with Crippen molar-refractivity contribution in [3.8, 4) is 0 Å². The van der Waals surface area contributed by atoms with Crippen LogP contribution in [0.1, 0.15) is 70.4 Å². The lowest BCUT2D eigenvalue weighted by molar-refractivity contribution is -0.00645. The van der Waals surface area contributed by atoms with Crippen LogP contribution in [0.4, 0.5) is 5.82 Å². The van der Waals surface area contributed by atoms with Crippen molar-refractivity contribution in [2.45, 2.75) is 75.9 Å². The quantitative estimate of drug-likeness (QED) is 0.427. The van der Waals surface area contributed by atoms with Crippen LogP contribution in [0.25, 0.3) is 0 Å². The van der Waals surface area contributed by atoms with Crippen LogP contribution in [0.5, 0.6) is 0 Å². The van der Waals surface area contributed by atoms with E-state index in [4.69, 9.17) is 20.3 Å². The summed E-state index contributed by atoms with van der Waals surface area (Å²) in [5.41, 5.74) is 4.28. The molecule has 1 aromatic heterocycles. The number of phosphoric ester groups is 1. The molecule has 6 rings (SSSR count). The molecule has 41 heavy (non-hydrogen) atoms. The summed E-state index contributed by atoms with van der Waals surface area (Å²) in [4.78, 5) is 46.4. The standard InChI is InChI=1S/2C9H16N2.C8H12N3O6PS/c2*1-2-5-9-10-6-4-8-11(9)7-3-1;9-5-1-2-11(8(12)10-5)6-4-19-7(17-6)3-16-18(13,14)15/h2*1-8H2;1-2,6-7H,3-4H2,(H2,9,10,12)(H2,13,14,15)/t;;6-,7+/m..0/s1. The molecule has 1 aromatic rings. The van der Waals surface area contributed by atoms with Crippen LogP contribution in [-0.2, 0) is 13.8 Å². The molecule has 0 aliphatic carbocycles. The van der Waals surface area contributed by atoms with E-state index in [0.717, 1.165) is 13.1 Å². The monoisotopic (exact) mass is 613 g/mol. The van der Waals surface area contributed by atoms with Crippen LogP contribution >= 0.6 is 19.6 Å². The first-order chi connectivity index (χ1) is 19.8. The number of nitrogens with two attached hydrogens (primary N) is 1. The van der Waals surface area contributed by atoms with Gasteiger partial charge in [-0.1, -0.05) is 12.8 Å².